The number of carbonyl (C=O) groups is 1. The number of benzene rings is 1. The summed E-state index contributed by atoms with van der Waals surface area (Å²) >= 11 is 0. The van der Waals surface area contributed by atoms with Gasteiger partial charge in [0.25, 0.3) is 0 Å². The molecule has 1 aliphatic carbocycles. The van der Waals surface area contributed by atoms with Gasteiger partial charge in [0.05, 0.1) is 24.1 Å². The first-order valence-electron chi connectivity index (χ1n) is 13.0. The van der Waals surface area contributed by atoms with E-state index in [0.29, 0.717) is 48.2 Å². The van der Waals surface area contributed by atoms with Crippen molar-refractivity contribution in [2.24, 2.45) is 5.92 Å². The summed E-state index contributed by atoms with van der Waals surface area (Å²) in [6.07, 6.45) is 4.45. The lowest BCUT2D eigenvalue weighted by atomic mass is 9.87. The summed E-state index contributed by atoms with van der Waals surface area (Å²) in [5.74, 6) is 1.05. The molecule has 1 atom stereocenters. The summed E-state index contributed by atoms with van der Waals surface area (Å²) in [7, 11) is -3.49. The number of sulfonamides is 1. The van der Waals surface area contributed by atoms with Crippen LogP contribution >= 0.6 is 0 Å². The fraction of sp³-hybridized carbons (Fsp3) is 0.556. The van der Waals surface area contributed by atoms with Crippen LogP contribution in [0, 0.1) is 5.92 Å². The van der Waals surface area contributed by atoms with Crippen molar-refractivity contribution in [1.29, 1.82) is 0 Å². The summed E-state index contributed by atoms with van der Waals surface area (Å²) in [4.78, 5) is 19.1. The Morgan fingerprint density at radius 2 is 2.00 bits per heavy atom. The maximum Gasteiger partial charge on any atom is 0.410 e. The average molecular weight is 547 g/mol. The van der Waals surface area contributed by atoms with E-state index in [4.69, 9.17) is 15.2 Å². The smallest absolute Gasteiger partial charge is 0.410 e. The molecule has 4 rings (SSSR count). The number of piperidine rings is 1. The van der Waals surface area contributed by atoms with E-state index in [2.05, 4.69) is 9.71 Å². The largest absolute Gasteiger partial charge is 0.507 e. The van der Waals surface area contributed by atoms with Gasteiger partial charge in [-0.3, -0.25) is 0 Å². The predicted octanol–water partition coefficient (Wildman–Crippen LogP) is 3.99. The summed E-state index contributed by atoms with van der Waals surface area (Å²) in [6.45, 7) is 6.94. The molecule has 2 aliphatic rings. The molecule has 1 aliphatic heterocycles. The quantitative estimate of drug-likeness (QED) is 0.451. The second-order valence-electron chi connectivity index (χ2n) is 11.2. The molecule has 2 fully saturated rings. The minimum absolute atomic E-state index is 0.0113. The van der Waals surface area contributed by atoms with Gasteiger partial charge < -0.3 is 25.2 Å². The lowest BCUT2D eigenvalue weighted by molar-refractivity contribution is 0.0198. The van der Waals surface area contributed by atoms with E-state index in [1.807, 2.05) is 26.8 Å². The second kappa shape index (κ2) is 11.0. The predicted molar refractivity (Wildman–Crippen MR) is 145 cm³/mol. The summed E-state index contributed by atoms with van der Waals surface area (Å²) in [5, 5.41) is 10.8. The van der Waals surface area contributed by atoms with Crippen LogP contribution in [0.5, 0.6) is 11.5 Å². The fourth-order valence-corrected chi connectivity index (χ4v) is 5.02. The molecule has 1 saturated carbocycles. The van der Waals surface area contributed by atoms with E-state index in [9.17, 15) is 18.3 Å². The number of nitrogens with two attached hydrogens (primary N) is 1. The van der Waals surface area contributed by atoms with Crippen LogP contribution in [0.1, 0.15) is 63.5 Å². The molecule has 0 radical (unpaired) electrons. The van der Waals surface area contributed by atoms with Gasteiger partial charge in [-0.05, 0) is 76.1 Å². The van der Waals surface area contributed by atoms with Gasteiger partial charge in [-0.2, -0.15) is 0 Å². The van der Waals surface area contributed by atoms with E-state index in [1.165, 1.54) is 0 Å². The normalized spacial score (nSPS) is 18.3. The van der Waals surface area contributed by atoms with Crippen molar-refractivity contribution >= 4 is 21.9 Å². The zero-order valence-corrected chi connectivity index (χ0v) is 23.3. The topological polar surface area (TPSA) is 144 Å². The van der Waals surface area contributed by atoms with Crippen LogP contribution in [-0.4, -0.2) is 61.1 Å². The number of likely N-dealkylation sites (tertiary alicyclic amines) is 1. The minimum Gasteiger partial charge on any atom is -0.507 e. The third-order valence-electron chi connectivity index (χ3n) is 6.65. The van der Waals surface area contributed by atoms with E-state index >= 15 is 0 Å². The van der Waals surface area contributed by atoms with Crippen LogP contribution in [0.15, 0.2) is 24.3 Å². The number of nitrogens with zero attached hydrogens (tertiary/aromatic N) is 2. The Morgan fingerprint density at radius 1 is 1.26 bits per heavy atom. The highest BCUT2D eigenvalue weighted by Gasteiger charge is 2.31. The molecule has 1 aromatic carbocycles. The molecule has 0 bridgehead atoms. The van der Waals surface area contributed by atoms with Gasteiger partial charge in [-0.1, -0.05) is 6.07 Å². The van der Waals surface area contributed by atoms with E-state index in [0.717, 1.165) is 37.5 Å². The SMILES string of the molecule is CC(C)(C)OC(=O)N1CCCC(c2cc(-c3c(O)cccc3OCC3CC3)nc(N)c2CNS(C)(=O)=O)C1. The molecule has 11 heteroatoms. The zero-order chi connectivity index (χ0) is 27.7. The maximum atomic E-state index is 12.8. The van der Waals surface area contributed by atoms with E-state index in [-0.39, 0.29) is 24.0 Å². The molecule has 208 valence electrons. The fourth-order valence-electron chi connectivity index (χ4n) is 4.61. The van der Waals surface area contributed by atoms with Crippen LogP contribution < -0.4 is 15.2 Å². The Hall–Kier alpha value is -3.05. The Morgan fingerprint density at radius 3 is 2.66 bits per heavy atom. The number of phenolic OH excluding ortho intramolecular Hbond substituents is 1. The highest BCUT2D eigenvalue weighted by molar-refractivity contribution is 7.88. The van der Waals surface area contributed by atoms with Crippen LogP contribution in [0.25, 0.3) is 11.3 Å². The summed E-state index contributed by atoms with van der Waals surface area (Å²) in [5.41, 5.74) is 7.99. The molecule has 10 nitrogen and oxygen atoms in total. The Balaban J connectivity index is 1.73. The molecule has 1 aromatic heterocycles. The third-order valence-corrected chi connectivity index (χ3v) is 7.32. The molecule has 2 aromatic rings. The van der Waals surface area contributed by atoms with Crippen molar-refractivity contribution in [2.45, 2.75) is 64.5 Å². The number of hydrogen-bond donors (Lipinski definition) is 3. The van der Waals surface area contributed by atoms with Gasteiger partial charge in [-0.15, -0.1) is 0 Å². The summed E-state index contributed by atoms with van der Waals surface area (Å²) < 4.78 is 37.9. The minimum atomic E-state index is -3.49. The molecular formula is C27H38N4O6S. The standard InChI is InChI=1S/C27H38N4O6S/c1-27(2,3)37-26(33)31-12-6-7-18(15-31)19-13-21(30-25(28)20(19)14-29-38(4,34)35)24-22(32)8-5-9-23(24)36-16-17-10-11-17/h5,8-9,13,17-18,29,32H,6-7,10-12,14-16H2,1-4H3,(H2,28,30). The first-order valence-corrected chi connectivity index (χ1v) is 14.9. The van der Waals surface area contributed by atoms with Gasteiger partial charge in [0.15, 0.2) is 0 Å². The number of ether oxygens (including phenoxy) is 2. The van der Waals surface area contributed by atoms with Gasteiger partial charge in [0.2, 0.25) is 10.0 Å². The molecule has 2 heterocycles. The van der Waals surface area contributed by atoms with Crippen LogP contribution in [0.3, 0.4) is 0 Å². The average Bonchev–Trinajstić information content (AvgIpc) is 3.64. The van der Waals surface area contributed by atoms with Gasteiger partial charge in [-0.25, -0.2) is 22.9 Å². The number of anilines is 1. The van der Waals surface area contributed by atoms with E-state index in [1.54, 1.807) is 23.1 Å². The monoisotopic (exact) mass is 546 g/mol. The van der Waals surface area contributed by atoms with Crippen LogP contribution in [0.2, 0.25) is 0 Å². The third kappa shape index (κ3) is 7.28. The zero-order valence-electron chi connectivity index (χ0n) is 22.5. The number of aromatic nitrogens is 1. The number of rotatable bonds is 8. The first-order chi connectivity index (χ1) is 17.8. The van der Waals surface area contributed by atoms with Crippen LogP contribution in [-0.2, 0) is 21.3 Å². The van der Waals surface area contributed by atoms with Crippen molar-refractivity contribution < 1.29 is 27.8 Å². The molecule has 1 unspecified atom stereocenters. The van der Waals surface area contributed by atoms with Gasteiger partial charge >= 0.3 is 6.09 Å². The Bertz CT molecular complexity index is 1290. The van der Waals surface area contributed by atoms with Crippen molar-refractivity contribution in [1.82, 2.24) is 14.6 Å². The Labute approximate surface area is 224 Å². The van der Waals surface area contributed by atoms with Crippen molar-refractivity contribution in [3.8, 4) is 22.8 Å². The van der Waals surface area contributed by atoms with E-state index < -0.39 is 21.7 Å². The van der Waals surface area contributed by atoms with Crippen molar-refractivity contribution in [3.63, 3.8) is 0 Å². The number of hydrogen-bond acceptors (Lipinski definition) is 8. The molecule has 4 N–H and O–H groups in total. The van der Waals surface area contributed by atoms with Crippen molar-refractivity contribution in [2.75, 3.05) is 31.7 Å². The molecule has 0 spiro atoms. The number of amides is 1. The highest BCUT2D eigenvalue weighted by atomic mass is 32.2. The number of nitrogens with one attached hydrogen (secondary N) is 1. The second-order valence-corrected chi connectivity index (χ2v) is 13.1. The number of phenols is 1. The number of carbonyl (C=O) groups excluding carboxylic acids is 1. The molecular weight excluding hydrogens is 508 g/mol. The molecule has 1 saturated heterocycles. The molecule has 1 amide bonds. The Kier molecular flexibility index (Phi) is 8.08. The van der Waals surface area contributed by atoms with Crippen LogP contribution in [0.4, 0.5) is 10.6 Å². The number of aromatic hydroxyl groups is 1. The van der Waals surface area contributed by atoms with Gasteiger partial charge in [0, 0.05) is 31.1 Å². The number of pyridine rings is 1. The summed E-state index contributed by atoms with van der Waals surface area (Å²) in [6, 6.07) is 6.91. The maximum absolute atomic E-state index is 12.8. The lowest BCUT2D eigenvalue weighted by Gasteiger charge is -2.35. The van der Waals surface area contributed by atoms with Gasteiger partial charge in [0.1, 0.15) is 22.9 Å². The highest BCUT2D eigenvalue weighted by Crippen LogP contribution is 2.41. The number of nitrogen functional groups attached to an aromatic ring is 1. The van der Waals surface area contributed by atoms with Crippen molar-refractivity contribution in [3.05, 3.63) is 35.4 Å². The lowest BCUT2D eigenvalue weighted by Crippen LogP contribution is -2.42. The molecule has 38 heavy (non-hydrogen) atoms. The first kappa shape index (κ1) is 28.0.